The van der Waals surface area contributed by atoms with Gasteiger partial charge in [0.05, 0.1) is 18.3 Å². The van der Waals surface area contributed by atoms with Crippen LogP contribution in [0.4, 0.5) is 0 Å². The van der Waals surface area contributed by atoms with E-state index in [2.05, 4.69) is 73.3 Å². The normalized spacial score (nSPS) is 16.9. The molecule has 1 amide bonds. The molecule has 248 valence electrons. The van der Waals surface area contributed by atoms with Crippen molar-refractivity contribution in [1.82, 2.24) is 4.90 Å². The first-order valence-electron chi connectivity index (χ1n) is 16.3. The first-order chi connectivity index (χ1) is 20.3. The molecule has 0 aromatic heterocycles. The van der Waals surface area contributed by atoms with Crippen LogP contribution < -0.4 is 0 Å². The predicted molar refractivity (Wildman–Crippen MR) is 183 cm³/mol. The zero-order valence-electron chi connectivity index (χ0n) is 29.8. The number of carboxylic acid groups (broad SMARTS) is 1. The van der Waals surface area contributed by atoms with Crippen molar-refractivity contribution in [1.29, 1.82) is 0 Å². The van der Waals surface area contributed by atoms with Crippen LogP contribution >= 0.6 is 0 Å². The number of allylic oxidation sites excluding steroid dienone is 3. The van der Waals surface area contributed by atoms with Crippen molar-refractivity contribution < 1.29 is 24.5 Å². The maximum atomic E-state index is 13.1. The number of rotatable bonds is 17. The molecule has 44 heavy (non-hydrogen) atoms. The molecule has 2 N–H and O–H groups in total. The number of likely N-dealkylation sites (N-methyl/N-ethyl adjacent to an activating group) is 1. The summed E-state index contributed by atoms with van der Waals surface area (Å²) in [6.07, 6.45) is 9.07. The van der Waals surface area contributed by atoms with Gasteiger partial charge < -0.3 is 19.8 Å². The SMILES string of the molecule is C=C(/C=C\C(COC(C)C(O)(CC)C(C)(C)C)=C(\C)CC)CC(CC)(CCC)c1ccc(C(=O)N(C)C(C)C(=O)O)c(C)c1. The molecule has 0 radical (unpaired) electrons. The number of carbonyl (C=O) groups is 2. The Balaban J connectivity index is 3.29. The van der Waals surface area contributed by atoms with E-state index in [-0.39, 0.29) is 22.8 Å². The number of carboxylic acids is 1. The van der Waals surface area contributed by atoms with Gasteiger partial charge in [-0.25, -0.2) is 4.79 Å². The number of nitrogens with zero attached hydrogens (tertiary/aromatic N) is 1. The van der Waals surface area contributed by atoms with Gasteiger partial charge in [-0.3, -0.25) is 4.79 Å². The maximum Gasteiger partial charge on any atom is 0.326 e. The molecule has 1 aromatic carbocycles. The van der Waals surface area contributed by atoms with Crippen LogP contribution in [0.3, 0.4) is 0 Å². The van der Waals surface area contributed by atoms with Crippen LogP contribution in [-0.4, -0.2) is 58.4 Å². The number of carbonyl (C=O) groups excluding carboxylic acids is 1. The van der Waals surface area contributed by atoms with Crippen LogP contribution in [-0.2, 0) is 14.9 Å². The number of benzene rings is 1. The minimum Gasteiger partial charge on any atom is -0.480 e. The van der Waals surface area contributed by atoms with Crippen molar-refractivity contribution in [2.45, 2.75) is 138 Å². The fraction of sp³-hybridized carbons (Fsp3) is 0.632. The molecule has 0 saturated heterocycles. The summed E-state index contributed by atoms with van der Waals surface area (Å²) in [6.45, 7) is 27.1. The number of aliphatic carboxylic acids is 1. The minimum absolute atomic E-state index is 0.151. The Hall–Kier alpha value is -2.70. The third kappa shape index (κ3) is 9.40. The van der Waals surface area contributed by atoms with Crippen molar-refractivity contribution in [3.63, 3.8) is 0 Å². The standard InChI is InChI=1S/C38H61NO5/c1-14-22-37(16-3,32-20-21-33(28(7)23-32)34(40)39(13)29(8)35(41)42)24-26(5)18-19-31(27(6)15-2)25-44-30(9)38(43,17-4)36(10,11)12/h18-21,23,29-30,43H,5,14-17,22,24-25H2,1-4,6-13H3,(H,41,42)/b19-18-,31-27+. The van der Waals surface area contributed by atoms with Gasteiger partial charge in [0.2, 0.25) is 0 Å². The molecule has 4 unspecified atom stereocenters. The van der Waals surface area contributed by atoms with Gasteiger partial charge in [-0.1, -0.05) is 96.9 Å². The molecular weight excluding hydrogens is 550 g/mol. The van der Waals surface area contributed by atoms with E-state index in [1.54, 1.807) is 0 Å². The second-order valence-electron chi connectivity index (χ2n) is 13.7. The van der Waals surface area contributed by atoms with Gasteiger partial charge in [-0.05, 0) is 93.4 Å². The van der Waals surface area contributed by atoms with Gasteiger partial charge >= 0.3 is 5.97 Å². The average molecular weight is 612 g/mol. The van der Waals surface area contributed by atoms with E-state index in [0.717, 1.165) is 54.4 Å². The number of aryl methyl sites for hydroxylation is 1. The van der Waals surface area contributed by atoms with Crippen LogP contribution in [0.2, 0.25) is 0 Å². The first kappa shape index (κ1) is 39.3. The largest absolute Gasteiger partial charge is 0.480 e. The quantitative estimate of drug-likeness (QED) is 0.172. The molecule has 0 saturated carbocycles. The van der Waals surface area contributed by atoms with Crippen LogP contribution in [0.5, 0.6) is 0 Å². The van der Waals surface area contributed by atoms with E-state index in [1.165, 1.54) is 24.4 Å². The third-order valence-electron chi connectivity index (χ3n) is 9.90. The second-order valence-corrected chi connectivity index (χ2v) is 13.7. The van der Waals surface area contributed by atoms with Crippen LogP contribution in [0, 0.1) is 12.3 Å². The first-order valence-corrected chi connectivity index (χ1v) is 16.3. The van der Waals surface area contributed by atoms with Gasteiger partial charge in [0.15, 0.2) is 0 Å². The van der Waals surface area contributed by atoms with Gasteiger partial charge in [-0.15, -0.1) is 0 Å². The van der Waals surface area contributed by atoms with E-state index >= 15 is 0 Å². The van der Waals surface area contributed by atoms with Gasteiger partial charge in [-0.2, -0.15) is 0 Å². The maximum absolute atomic E-state index is 13.1. The van der Waals surface area contributed by atoms with E-state index < -0.39 is 17.6 Å². The Morgan fingerprint density at radius 2 is 1.68 bits per heavy atom. The fourth-order valence-corrected chi connectivity index (χ4v) is 6.12. The molecule has 0 aliphatic rings. The third-order valence-corrected chi connectivity index (χ3v) is 9.90. The average Bonchev–Trinajstić information content (AvgIpc) is 2.97. The molecule has 6 nitrogen and oxygen atoms in total. The molecule has 0 heterocycles. The van der Waals surface area contributed by atoms with Gasteiger partial charge in [0.1, 0.15) is 6.04 Å². The number of hydrogen-bond donors (Lipinski definition) is 2. The summed E-state index contributed by atoms with van der Waals surface area (Å²) >= 11 is 0. The summed E-state index contributed by atoms with van der Waals surface area (Å²) in [7, 11) is 1.53. The van der Waals surface area contributed by atoms with E-state index in [0.29, 0.717) is 18.6 Å². The zero-order valence-corrected chi connectivity index (χ0v) is 29.8. The molecule has 0 fully saturated rings. The highest BCUT2D eigenvalue weighted by Crippen LogP contribution is 2.40. The highest BCUT2D eigenvalue weighted by atomic mass is 16.5. The summed E-state index contributed by atoms with van der Waals surface area (Å²) in [5.74, 6) is -1.33. The lowest BCUT2D eigenvalue weighted by Gasteiger charge is -2.44. The molecule has 6 heteroatoms. The monoisotopic (exact) mass is 611 g/mol. The Bertz CT molecular complexity index is 1210. The molecule has 0 spiro atoms. The molecular formula is C38H61NO5. The van der Waals surface area contributed by atoms with Crippen LogP contribution in [0.15, 0.2) is 53.6 Å². The van der Waals surface area contributed by atoms with Crippen LogP contribution in [0.1, 0.15) is 129 Å². The predicted octanol–water partition coefficient (Wildman–Crippen LogP) is 8.81. The smallest absolute Gasteiger partial charge is 0.326 e. The van der Waals surface area contributed by atoms with Crippen molar-refractivity contribution in [3.05, 3.63) is 70.3 Å². The number of aliphatic hydroxyl groups is 1. The molecule has 1 aromatic rings. The Morgan fingerprint density at radius 3 is 2.14 bits per heavy atom. The number of hydrogen-bond acceptors (Lipinski definition) is 4. The lowest BCUT2D eigenvalue weighted by Crippen LogP contribution is -2.52. The Morgan fingerprint density at radius 1 is 1.07 bits per heavy atom. The van der Waals surface area contributed by atoms with E-state index in [4.69, 9.17) is 4.74 Å². The van der Waals surface area contributed by atoms with Crippen molar-refractivity contribution >= 4 is 11.9 Å². The van der Waals surface area contributed by atoms with Crippen molar-refractivity contribution in [2.75, 3.05) is 13.7 Å². The number of ether oxygens (including phenoxy) is 1. The molecule has 4 atom stereocenters. The molecule has 0 bridgehead atoms. The summed E-state index contributed by atoms with van der Waals surface area (Å²) in [6, 6.07) is 5.05. The van der Waals surface area contributed by atoms with E-state index in [9.17, 15) is 19.8 Å². The summed E-state index contributed by atoms with van der Waals surface area (Å²) in [5, 5.41) is 20.8. The molecule has 1 rings (SSSR count). The molecule has 0 aliphatic heterocycles. The lowest BCUT2D eigenvalue weighted by molar-refractivity contribution is -0.155. The number of amides is 1. The fourth-order valence-electron chi connectivity index (χ4n) is 6.12. The highest BCUT2D eigenvalue weighted by molar-refractivity contribution is 5.97. The van der Waals surface area contributed by atoms with E-state index in [1.807, 2.05) is 32.9 Å². The second kappa shape index (κ2) is 16.6. The Kier molecular flexibility index (Phi) is 14.8. The minimum atomic E-state index is -1.03. The summed E-state index contributed by atoms with van der Waals surface area (Å²) < 4.78 is 6.31. The van der Waals surface area contributed by atoms with Gasteiger partial charge in [0.25, 0.3) is 5.91 Å². The molecule has 0 aliphatic carbocycles. The topological polar surface area (TPSA) is 87.1 Å². The Labute approximate surface area is 268 Å². The van der Waals surface area contributed by atoms with Crippen molar-refractivity contribution in [2.24, 2.45) is 5.41 Å². The summed E-state index contributed by atoms with van der Waals surface area (Å²) in [4.78, 5) is 25.8. The highest BCUT2D eigenvalue weighted by Gasteiger charge is 2.44. The van der Waals surface area contributed by atoms with Crippen LogP contribution in [0.25, 0.3) is 0 Å². The van der Waals surface area contributed by atoms with Gasteiger partial charge in [0, 0.05) is 12.6 Å². The van der Waals surface area contributed by atoms with Crippen molar-refractivity contribution in [3.8, 4) is 0 Å². The summed E-state index contributed by atoms with van der Waals surface area (Å²) in [5.41, 5.74) is 4.48. The zero-order chi connectivity index (χ0) is 34.0. The lowest BCUT2D eigenvalue weighted by atomic mass is 9.70.